The number of benzene rings is 3. The Morgan fingerprint density at radius 3 is 2.50 bits per heavy atom. The molecule has 32 heavy (non-hydrogen) atoms. The van der Waals surface area contributed by atoms with Crippen LogP contribution in [0.1, 0.15) is 24.0 Å². The first-order valence-electron chi connectivity index (χ1n) is 10.2. The maximum atomic E-state index is 12.5. The molecule has 0 fully saturated rings. The van der Waals surface area contributed by atoms with Gasteiger partial charge in [-0.2, -0.15) is 0 Å². The number of carboxylic acids is 1. The molecular weight excluding hydrogens is 426 g/mol. The fourth-order valence-electron chi connectivity index (χ4n) is 3.07. The lowest BCUT2D eigenvalue weighted by atomic mass is 10.1. The number of sulfonamides is 1. The topological polar surface area (TPSA) is 92.7 Å². The van der Waals surface area contributed by atoms with Crippen molar-refractivity contribution in [3.05, 3.63) is 96.1 Å². The molecule has 7 heteroatoms. The first kappa shape index (κ1) is 23.1. The fraction of sp³-hybridized carbons (Fsp3) is 0.160. The summed E-state index contributed by atoms with van der Waals surface area (Å²) in [4.78, 5) is 11.0. The Morgan fingerprint density at radius 1 is 0.969 bits per heavy atom. The zero-order chi connectivity index (χ0) is 22.8. The van der Waals surface area contributed by atoms with Gasteiger partial charge in [0.05, 0.1) is 11.5 Å². The van der Waals surface area contributed by atoms with Gasteiger partial charge in [0.2, 0.25) is 0 Å². The highest BCUT2D eigenvalue weighted by Crippen LogP contribution is 2.20. The van der Waals surface area contributed by atoms with E-state index in [4.69, 9.17) is 9.84 Å². The van der Waals surface area contributed by atoms with E-state index in [2.05, 4.69) is 4.72 Å². The molecule has 0 saturated carbocycles. The maximum Gasteiger partial charge on any atom is 0.303 e. The first-order chi connectivity index (χ1) is 15.4. The maximum absolute atomic E-state index is 12.5. The number of carbonyl (C=O) groups is 1. The molecule has 3 aromatic rings. The quantitative estimate of drug-likeness (QED) is 0.401. The van der Waals surface area contributed by atoms with Gasteiger partial charge < -0.3 is 9.84 Å². The number of ether oxygens (including phenoxy) is 1. The number of carboxylic acid groups (broad SMARTS) is 1. The Morgan fingerprint density at radius 2 is 1.72 bits per heavy atom. The van der Waals surface area contributed by atoms with Gasteiger partial charge in [-0.05, 0) is 54.3 Å². The Kier molecular flexibility index (Phi) is 8.05. The Bertz CT molecular complexity index is 1170. The van der Waals surface area contributed by atoms with Crippen molar-refractivity contribution >= 4 is 27.8 Å². The molecule has 3 aromatic carbocycles. The molecule has 3 rings (SSSR count). The van der Waals surface area contributed by atoms with Crippen molar-refractivity contribution in [1.29, 1.82) is 0 Å². The molecule has 0 amide bonds. The van der Waals surface area contributed by atoms with E-state index in [0.29, 0.717) is 30.9 Å². The molecule has 0 radical (unpaired) electrons. The van der Waals surface area contributed by atoms with Gasteiger partial charge in [-0.25, -0.2) is 8.42 Å². The summed E-state index contributed by atoms with van der Waals surface area (Å²) in [6.07, 6.45) is 4.98. The fourth-order valence-corrected chi connectivity index (χ4v) is 4.14. The molecule has 166 valence electrons. The summed E-state index contributed by atoms with van der Waals surface area (Å²) < 4.78 is 33.4. The van der Waals surface area contributed by atoms with Gasteiger partial charge in [-0.1, -0.05) is 60.7 Å². The van der Waals surface area contributed by atoms with Crippen molar-refractivity contribution in [1.82, 2.24) is 0 Å². The summed E-state index contributed by atoms with van der Waals surface area (Å²) in [5.74, 6) is -0.143. The van der Waals surface area contributed by atoms with Crippen LogP contribution in [0.5, 0.6) is 5.75 Å². The smallest absolute Gasteiger partial charge is 0.303 e. The number of para-hydroxylation sites is 1. The zero-order valence-electron chi connectivity index (χ0n) is 17.5. The Balaban J connectivity index is 1.54. The van der Waals surface area contributed by atoms with Crippen LogP contribution in [0.3, 0.4) is 0 Å². The van der Waals surface area contributed by atoms with E-state index in [9.17, 15) is 13.2 Å². The van der Waals surface area contributed by atoms with E-state index >= 15 is 0 Å². The van der Waals surface area contributed by atoms with Crippen LogP contribution in [0.15, 0.2) is 89.8 Å². The standard InChI is InChI=1S/C25H25NO5S/c27-25(28)17-16-21-11-4-5-15-24(21)31-18-7-6-9-20-10-8-12-22(19-20)26-32(29,30)23-13-2-1-3-14-23/h1-6,8-15,19,26H,7,16-18H2,(H,27,28)/b9-6+. The number of hydrogen-bond donors (Lipinski definition) is 2. The molecular formula is C25H25NO5S. The third kappa shape index (κ3) is 6.99. The van der Waals surface area contributed by atoms with Gasteiger partial charge in [0.1, 0.15) is 5.75 Å². The highest BCUT2D eigenvalue weighted by molar-refractivity contribution is 7.92. The highest BCUT2D eigenvalue weighted by Gasteiger charge is 2.13. The molecule has 0 aliphatic rings. The number of aliphatic carboxylic acids is 1. The van der Waals surface area contributed by atoms with Crippen LogP contribution in [0.4, 0.5) is 5.69 Å². The molecule has 0 bridgehead atoms. The second-order valence-electron chi connectivity index (χ2n) is 7.08. The summed E-state index contributed by atoms with van der Waals surface area (Å²) >= 11 is 0. The molecule has 0 unspecified atom stereocenters. The minimum Gasteiger partial charge on any atom is -0.493 e. The number of hydrogen-bond acceptors (Lipinski definition) is 4. The number of anilines is 1. The van der Waals surface area contributed by atoms with Crippen molar-refractivity contribution in [2.24, 2.45) is 0 Å². The van der Waals surface area contributed by atoms with Crippen molar-refractivity contribution in [2.75, 3.05) is 11.3 Å². The molecule has 6 nitrogen and oxygen atoms in total. The van der Waals surface area contributed by atoms with Crippen molar-refractivity contribution in [3.63, 3.8) is 0 Å². The molecule has 2 N–H and O–H groups in total. The highest BCUT2D eigenvalue weighted by atomic mass is 32.2. The lowest BCUT2D eigenvalue weighted by Gasteiger charge is -2.10. The molecule has 0 heterocycles. The van der Waals surface area contributed by atoms with Gasteiger partial charge >= 0.3 is 5.97 Å². The van der Waals surface area contributed by atoms with E-state index in [1.165, 1.54) is 0 Å². The van der Waals surface area contributed by atoms with Crippen LogP contribution >= 0.6 is 0 Å². The third-order valence-electron chi connectivity index (χ3n) is 4.63. The second kappa shape index (κ2) is 11.2. The summed E-state index contributed by atoms with van der Waals surface area (Å²) in [5, 5.41) is 8.87. The molecule has 0 atom stereocenters. The minimum absolute atomic E-state index is 0.0602. The van der Waals surface area contributed by atoms with Gasteiger partial charge in [0.15, 0.2) is 0 Å². The molecule has 0 aromatic heterocycles. The van der Waals surface area contributed by atoms with Gasteiger partial charge in [0, 0.05) is 12.1 Å². The van der Waals surface area contributed by atoms with E-state index in [0.717, 1.165) is 11.1 Å². The van der Waals surface area contributed by atoms with Gasteiger partial charge in [0.25, 0.3) is 10.0 Å². The average molecular weight is 452 g/mol. The third-order valence-corrected chi connectivity index (χ3v) is 6.02. The molecule has 0 aliphatic heterocycles. The second-order valence-corrected chi connectivity index (χ2v) is 8.77. The average Bonchev–Trinajstić information content (AvgIpc) is 2.78. The van der Waals surface area contributed by atoms with E-state index in [-0.39, 0.29) is 11.3 Å². The van der Waals surface area contributed by atoms with Crippen LogP contribution < -0.4 is 9.46 Å². The van der Waals surface area contributed by atoms with Crippen molar-refractivity contribution < 1.29 is 23.1 Å². The van der Waals surface area contributed by atoms with Crippen molar-refractivity contribution in [3.8, 4) is 5.75 Å². The van der Waals surface area contributed by atoms with Crippen LogP contribution in [0.2, 0.25) is 0 Å². The SMILES string of the molecule is O=C(O)CCc1ccccc1OCC/C=C/c1cccc(NS(=O)(=O)c2ccccc2)c1. The molecule has 0 spiro atoms. The van der Waals surface area contributed by atoms with E-state index < -0.39 is 16.0 Å². The lowest BCUT2D eigenvalue weighted by Crippen LogP contribution is -2.12. The van der Waals surface area contributed by atoms with E-state index in [1.807, 2.05) is 42.5 Å². The predicted molar refractivity (Wildman–Crippen MR) is 125 cm³/mol. The predicted octanol–water partition coefficient (Wildman–Crippen LogP) is 4.99. The van der Waals surface area contributed by atoms with E-state index in [1.54, 1.807) is 48.5 Å². The number of nitrogens with one attached hydrogen (secondary N) is 1. The van der Waals surface area contributed by atoms with Crippen LogP contribution in [0.25, 0.3) is 6.08 Å². The number of aryl methyl sites for hydroxylation is 1. The largest absolute Gasteiger partial charge is 0.493 e. The Labute approximate surface area is 188 Å². The van der Waals surface area contributed by atoms with Gasteiger partial charge in [-0.15, -0.1) is 0 Å². The first-order valence-corrected chi connectivity index (χ1v) is 11.7. The summed E-state index contributed by atoms with van der Waals surface area (Å²) in [5.41, 5.74) is 2.22. The molecule has 0 aliphatic carbocycles. The van der Waals surface area contributed by atoms with Crippen LogP contribution in [-0.4, -0.2) is 26.1 Å². The summed E-state index contributed by atoms with van der Waals surface area (Å²) in [6.45, 7) is 0.445. The van der Waals surface area contributed by atoms with Crippen LogP contribution in [-0.2, 0) is 21.2 Å². The summed E-state index contributed by atoms with van der Waals surface area (Å²) in [6, 6.07) is 22.8. The summed E-state index contributed by atoms with van der Waals surface area (Å²) in [7, 11) is -3.64. The minimum atomic E-state index is -3.64. The monoisotopic (exact) mass is 451 g/mol. The zero-order valence-corrected chi connectivity index (χ0v) is 18.3. The van der Waals surface area contributed by atoms with Crippen LogP contribution in [0, 0.1) is 0 Å². The molecule has 0 saturated heterocycles. The lowest BCUT2D eigenvalue weighted by molar-refractivity contribution is -0.136. The van der Waals surface area contributed by atoms with Crippen molar-refractivity contribution in [2.45, 2.75) is 24.2 Å². The Hall–Kier alpha value is -3.58. The van der Waals surface area contributed by atoms with Gasteiger partial charge in [-0.3, -0.25) is 9.52 Å². The number of rotatable bonds is 11. The normalized spacial score (nSPS) is 11.4.